The highest BCUT2D eigenvalue weighted by Crippen LogP contribution is 2.40. The van der Waals surface area contributed by atoms with Gasteiger partial charge in [0.05, 0.1) is 37.1 Å². The average Bonchev–Trinajstić information content (AvgIpc) is 3.74. The fourth-order valence-electron chi connectivity index (χ4n) is 9.10. The zero-order chi connectivity index (χ0) is 43.7. The first kappa shape index (κ1) is 45.9. The van der Waals surface area contributed by atoms with Crippen molar-refractivity contribution in [2.24, 2.45) is 33.8 Å². The van der Waals surface area contributed by atoms with Crippen LogP contribution < -0.4 is 0 Å². The summed E-state index contributed by atoms with van der Waals surface area (Å²) in [5.41, 5.74) is 0.319. The highest BCUT2D eigenvalue weighted by molar-refractivity contribution is 7.12. The standard InChI is InChI=1S/C42H60N6O11S/c1-11-31-42(8,53)36-23(4)32-21(2)16-41(7,35(24(5)33(49)25(6)39(52)57-31)58-40-34(50)29(48(9)10)14-22(3)56-40)55-19-27(18-54-36)47-59-30(37(51)45-32)15-26-12-13-28(43-17-26)38-46-44-20-60-38/h12-13,17,20-25,29-31,34-36,40,50,53H,11,14-16,18-19H2,1-10H3/b45-32?,47-27+/t21-,22-,23-,24+,25-,29+,30?,31-,34-,35-,36+,40+,41-,42-/m1/s1. The van der Waals surface area contributed by atoms with Crippen molar-refractivity contribution in [3.05, 3.63) is 29.4 Å². The number of aliphatic hydroxyl groups is 2. The lowest BCUT2D eigenvalue weighted by molar-refractivity contribution is -0.296. The molecule has 1 unspecified atom stereocenters. The molecule has 4 aliphatic heterocycles. The zero-order valence-corrected chi connectivity index (χ0v) is 37.0. The summed E-state index contributed by atoms with van der Waals surface area (Å²) in [7, 11) is 3.73. The third-order valence-electron chi connectivity index (χ3n) is 12.5. The summed E-state index contributed by atoms with van der Waals surface area (Å²) in [5.74, 6) is -5.52. The summed E-state index contributed by atoms with van der Waals surface area (Å²) in [5, 5.41) is 37.1. The molecule has 3 saturated heterocycles. The fourth-order valence-corrected chi connectivity index (χ4v) is 9.63. The van der Waals surface area contributed by atoms with Crippen LogP contribution in [0.25, 0.3) is 10.7 Å². The van der Waals surface area contributed by atoms with Gasteiger partial charge in [0.25, 0.3) is 5.91 Å². The molecule has 1 amide bonds. The second-order valence-corrected chi connectivity index (χ2v) is 18.3. The number of likely N-dealkylation sites (N-methyl/N-ethyl adjacent to an activating group) is 1. The van der Waals surface area contributed by atoms with E-state index in [9.17, 15) is 24.6 Å². The van der Waals surface area contributed by atoms with Crippen LogP contribution in [0.4, 0.5) is 0 Å². The minimum Gasteiger partial charge on any atom is -0.459 e. The predicted octanol–water partition coefficient (Wildman–Crippen LogP) is 3.44. The molecule has 2 N–H and O–H groups in total. The smallest absolute Gasteiger partial charge is 0.316 e. The van der Waals surface area contributed by atoms with Crippen LogP contribution in [0.1, 0.15) is 80.2 Å². The van der Waals surface area contributed by atoms with Crippen LogP contribution in [-0.4, -0.2) is 147 Å². The number of aliphatic hydroxyl groups excluding tert-OH is 1. The minimum atomic E-state index is -1.84. The lowest BCUT2D eigenvalue weighted by Gasteiger charge is -2.47. The normalized spacial score (nSPS) is 39.5. The van der Waals surface area contributed by atoms with Crippen molar-refractivity contribution in [3.63, 3.8) is 0 Å². The van der Waals surface area contributed by atoms with E-state index in [1.54, 1.807) is 38.5 Å². The molecule has 60 heavy (non-hydrogen) atoms. The number of amides is 1. The number of ketones is 1. The van der Waals surface area contributed by atoms with E-state index in [1.807, 2.05) is 45.8 Å². The second-order valence-electron chi connectivity index (χ2n) is 17.5. The number of cyclic esters (lactones) is 1. The molecule has 18 heteroatoms. The van der Waals surface area contributed by atoms with E-state index in [0.717, 1.165) is 0 Å². The fraction of sp³-hybridized carbons (Fsp3) is 0.714. The van der Waals surface area contributed by atoms with Crippen molar-refractivity contribution < 1.29 is 53.1 Å². The minimum absolute atomic E-state index is 0.0802. The number of hydrogen-bond donors (Lipinski definition) is 2. The number of aromatic nitrogens is 3. The van der Waals surface area contributed by atoms with Crippen molar-refractivity contribution in [3.8, 4) is 10.7 Å². The molecule has 0 spiro atoms. The van der Waals surface area contributed by atoms with E-state index in [1.165, 1.54) is 25.2 Å². The topological polar surface area (TPSA) is 214 Å². The number of hydrogen-bond acceptors (Lipinski definition) is 17. The van der Waals surface area contributed by atoms with Crippen molar-refractivity contribution in [1.82, 2.24) is 20.1 Å². The number of aliphatic imine (C=N–C) groups is 1. The Labute approximate surface area is 355 Å². The van der Waals surface area contributed by atoms with Gasteiger partial charge in [-0.05, 0) is 78.6 Å². The molecule has 6 rings (SSSR count). The van der Waals surface area contributed by atoms with Crippen molar-refractivity contribution >= 4 is 40.4 Å². The molecule has 0 aliphatic carbocycles. The maximum Gasteiger partial charge on any atom is 0.316 e. The lowest BCUT2D eigenvalue weighted by Crippen LogP contribution is -2.60. The van der Waals surface area contributed by atoms with Crippen molar-refractivity contribution in [2.75, 3.05) is 27.3 Å². The van der Waals surface area contributed by atoms with E-state index >= 15 is 0 Å². The summed E-state index contributed by atoms with van der Waals surface area (Å²) in [6.45, 7) is 13.4. The highest BCUT2D eigenvalue weighted by Gasteiger charge is 2.53. The van der Waals surface area contributed by atoms with E-state index in [-0.39, 0.29) is 50.3 Å². The maximum atomic E-state index is 14.5. The number of rotatable bonds is 7. The van der Waals surface area contributed by atoms with E-state index < -0.39 is 89.3 Å². The molecule has 2 aromatic heterocycles. The van der Waals surface area contributed by atoms with Gasteiger partial charge < -0.3 is 43.6 Å². The molecule has 14 atom stereocenters. The Morgan fingerprint density at radius 3 is 2.45 bits per heavy atom. The molecule has 0 radical (unpaired) electrons. The SMILES string of the molecule is CC[C@H]1OC(=O)[C@H](C)C(=O)[C@H](C)[C@@H](O[C@@H]2O[C@H](C)C[C@H](N(C)C)[C@H]2O)[C@@]2(C)C[C@@H](C)C3=NC(=O)C(Cc4ccc(-c5nncs5)nc4)O/N=C(\CO[C@@H]([C@@H]3C)[C@]1(C)O)CO2. The Bertz CT molecular complexity index is 1890. The van der Waals surface area contributed by atoms with Crippen molar-refractivity contribution in [2.45, 2.75) is 141 Å². The van der Waals surface area contributed by atoms with Gasteiger partial charge in [-0.2, -0.15) is 0 Å². The Morgan fingerprint density at radius 2 is 1.80 bits per heavy atom. The highest BCUT2D eigenvalue weighted by atomic mass is 32.1. The maximum absolute atomic E-state index is 14.5. The summed E-state index contributed by atoms with van der Waals surface area (Å²) in [6.07, 6.45) is -4.50. The third kappa shape index (κ3) is 9.70. The quantitative estimate of drug-likeness (QED) is 0.302. The molecule has 2 aromatic rings. The van der Waals surface area contributed by atoms with Crippen molar-refractivity contribution in [1.29, 1.82) is 0 Å². The van der Waals surface area contributed by atoms with Gasteiger partial charge in [0, 0.05) is 36.2 Å². The summed E-state index contributed by atoms with van der Waals surface area (Å²) in [4.78, 5) is 60.0. The third-order valence-corrected chi connectivity index (χ3v) is 13.2. The van der Waals surface area contributed by atoms with Crippen LogP contribution in [0.5, 0.6) is 0 Å². The van der Waals surface area contributed by atoms with E-state index in [4.69, 9.17) is 33.5 Å². The van der Waals surface area contributed by atoms with Gasteiger partial charge in [-0.1, -0.05) is 50.3 Å². The molecular weight excluding hydrogens is 797 g/mol. The number of fused-ring (bicyclic) bond motifs is 4. The van der Waals surface area contributed by atoms with Crippen LogP contribution in [0, 0.1) is 23.7 Å². The number of carbonyl (C=O) groups excluding carboxylic acids is 3. The first-order valence-corrected chi connectivity index (χ1v) is 21.6. The van der Waals surface area contributed by atoms with Crippen LogP contribution >= 0.6 is 11.3 Å². The zero-order valence-electron chi connectivity index (χ0n) is 36.1. The van der Waals surface area contributed by atoms with Crippen LogP contribution in [0.2, 0.25) is 0 Å². The van der Waals surface area contributed by atoms with Gasteiger partial charge in [-0.25, -0.2) is 4.99 Å². The van der Waals surface area contributed by atoms with E-state index in [0.29, 0.717) is 28.4 Å². The molecule has 4 aliphatic rings. The number of esters is 1. The molecule has 4 bridgehead atoms. The number of nitrogens with zero attached hydrogens (tertiary/aromatic N) is 6. The lowest BCUT2D eigenvalue weighted by atomic mass is 9.73. The summed E-state index contributed by atoms with van der Waals surface area (Å²) >= 11 is 1.36. The number of Topliss-reactive ketones (excluding diaryl/α,β-unsaturated/α-hetero) is 1. The van der Waals surface area contributed by atoms with Crippen LogP contribution in [0.3, 0.4) is 0 Å². The van der Waals surface area contributed by atoms with Gasteiger partial charge in [-0.3, -0.25) is 19.4 Å². The monoisotopic (exact) mass is 856 g/mol. The number of ether oxygens (including phenoxy) is 5. The Hall–Kier alpha value is -3.62. The number of pyridine rings is 1. The summed E-state index contributed by atoms with van der Waals surface area (Å²) in [6, 6.07) is 3.30. The first-order chi connectivity index (χ1) is 28.3. The van der Waals surface area contributed by atoms with Gasteiger partial charge in [0.1, 0.15) is 40.6 Å². The molecule has 3 fully saturated rings. The Balaban J connectivity index is 1.47. The molecular formula is C42H60N6O11S. The first-order valence-electron chi connectivity index (χ1n) is 20.8. The Morgan fingerprint density at radius 1 is 1.05 bits per heavy atom. The van der Waals surface area contributed by atoms with Gasteiger partial charge in [-0.15, -0.1) is 10.2 Å². The average molecular weight is 857 g/mol. The van der Waals surface area contributed by atoms with Crippen LogP contribution in [-0.2, 0) is 49.3 Å². The molecule has 17 nitrogen and oxygen atoms in total. The van der Waals surface area contributed by atoms with E-state index in [2.05, 4.69) is 20.3 Å². The van der Waals surface area contributed by atoms with Gasteiger partial charge in [0.15, 0.2) is 17.1 Å². The summed E-state index contributed by atoms with van der Waals surface area (Å²) < 4.78 is 32.4. The molecule has 330 valence electrons. The molecule has 0 aromatic carbocycles. The van der Waals surface area contributed by atoms with Gasteiger partial charge in [0.2, 0.25) is 6.10 Å². The van der Waals surface area contributed by atoms with Gasteiger partial charge >= 0.3 is 5.97 Å². The molecule has 0 saturated carbocycles. The predicted molar refractivity (Wildman–Crippen MR) is 220 cm³/mol. The number of carbonyl (C=O) groups is 3. The Kier molecular flexibility index (Phi) is 14.4. The van der Waals surface area contributed by atoms with Crippen LogP contribution in [0.15, 0.2) is 34.0 Å². The number of oxime groups is 1. The second kappa shape index (κ2) is 18.8. The largest absolute Gasteiger partial charge is 0.459 e. The molecule has 6 heterocycles.